The van der Waals surface area contributed by atoms with Crippen molar-refractivity contribution in [2.24, 2.45) is 0 Å². The van der Waals surface area contributed by atoms with Crippen molar-refractivity contribution in [3.63, 3.8) is 0 Å². The van der Waals surface area contributed by atoms with Gasteiger partial charge < -0.3 is 5.32 Å². The van der Waals surface area contributed by atoms with Crippen LogP contribution < -0.4 is 5.32 Å². The van der Waals surface area contributed by atoms with Gasteiger partial charge in [0.25, 0.3) is 0 Å². The molecule has 0 atom stereocenters. The lowest BCUT2D eigenvalue weighted by atomic mass is 10.1. The van der Waals surface area contributed by atoms with Gasteiger partial charge >= 0.3 is 0 Å². The number of nitrogens with one attached hydrogen (secondary N) is 1. The van der Waals surface area contributed by atoms with E-state index in [1.165, 1.54) is 23.3 Å². The minimum atomic E-state index is -0.310. The first kappa shape index (κ1) is 12.9. The molecule has 0 heterocycles. The second kappa shape index (κ2) is 5.40. The predicted molar refractivity (Wildman–Crippen MR) is 74.7 cm³/mol. The molecular formula is C15H15ClFN. The van der Waals surface area contributed by atoms with Gasteiger partial charge in [-0.25, -0.2) is 4.39 Å². The van der Waals surface area contributed by atoms with Gasteiger partial charge in [0.2, 0.25) is 0 Å². The fraction of sp³-hybridized carbons (Fsp3) is 0.200. The maximum Gasteiger partial charge on any atom is 0.124 e. The number of benzene rings is 2. The van der Waals surface area contributed by atoms with E-state index in [0.717, 1.165) is 11.3 Å². The third-order valence-corrected chi connectivity index (χ3v) is 3.23. The molecule has 2 aromatic rings. The van der Waals surface area contributed by atoms with E-state index in [2.05, 4.69) is 30.4 Å². The Morgan fingerprint density at radius 1 is 1.11 bits per heavy atom. The Hall–Kier alpha value is -1.54. The molecule has 0 amide bonds. The zero-order valence-electron chi connectivity index (χ0n) is 10.4. The van der Waals surface area contributed by atoms with Crippen LogP contribution in [0, 0.1) is 19.7 Å². The highest BCUT2D eigenvalue weighted by molar-refractivity contribution is 6.31. The average molecular weight is 264 g/mol. The largest absolute Gasteiger partial charge is 0.381 e. The number of rotatable bonds is 3. The molecule has 0 aliphatic carbocycles. The summed E-state index contributed by atoms with van der Waals surface area (Å²) in [7, 11) is 0. The molecule has 0 unspecified atom stereocenters. The SMILES string of the molecule is Cc1ccc(C)c(NCc2ccc(F)cc2Cl)c1. The summed E-state index contributed by atoms with van der Waals surface area (Å²) in [5.41, 5.74) is 4.35. The Kier molecular flexibility index (Phi) is 3.87. The standard InChI is InChI=1S/C15H15ClFN/c1-10-3-4-11(2)15(7-10)18-9-12-5-6-13(17)8-14(12)16/h3-8,18H,9H2,1-2H3. The van der Waals surface area contributed by atoms with Crippen molar-refractivity contribution in [2.75, 3.05) is 5.32 Å². The summed E-state index contributed by atoms with van der Waals surface area (Å²) in [5.74, 6) is -0.310. The van der Waals surface area contributed by atoms with Gasteiger partial charge in [-0.15, -0.1) is 0 Å². The monoisotopic (exact) mass is 263 g/mol. The minimum absolute atomic E-state index is 0.310. The van der Waals surface area contributed by atoms with E-state index < -0.39 is 0 Å². The molecule has 2 rings (SSSR count). The van der Waals surface area contributed by atoms with Crippen LogP contribution in [0.1, 0.15) is 16.7 Å². The topological polar surface area (TPSA) is 12.0 Å². The normalized spacial score (nSPS) is 10.4. The highest BCUT2D eigenvalue weighted by Crippen LogP contribution is 2.21. The molecule has 94 valence electrons. The number of aryl methyl sites for hydroxylation is 2. The summed E-state index contributed by atoms with van der Waals surface area (Å²) in [6, 6.07) is 10.7. The molecule has 0 bridgehead atoms. The van der Waals surface area contributed by atoms with Crippen molar-refractivity contribution in [1.82, 2.24) is 0 Å². The van der Waals surface area contributed by atoms with Crippen LogP contribution >= 0.6 is 11.6 Å². The molecule has 0 aromatic heterocycles. The molecule has 0 aliphatic heterocycles. The van der Waals surface area contributed by atoms with Gasteiger partial charge in [0, 0.05) is 17.3 Å². The third-order valence-electron chi connectivity index (χ3n) is 2.88. The van der Waals surface area contributed by atoms with Gasteiger partial charge in [-0.3, -0.25) is 0 Å². The zero-order valence-corrected chi connectivity index (χ0v) is 11.2. The molecule has 0 fully saturated rings. The van der Waals surface area contributed by atoms with Crippen LogP contribution in [-0.2, 0) is 6.54 Å². The van der Waals surface area contributed by atoms with Crippen molar-refractivity contribution in [3.05, 3.63) is 63.9 Å². The molecule has 0 aliphatic rings. The van der Waals surface area contributed by atoms with E-state index in [1.807, 2.05) is 6.92 Å². The molecule has 3 heteroatoms. The van der Waals surface area contributed by atoms with Crippen LogP contribution in [0.25, 0.3) is 0 Å². The van der Waals surface area contributed by atoms with E-state index in [4.69, 9.17) is 11.6 Å². The molecule has 1 nitrogen and oxygen atoms in total. The van der Waals surface area contributed by atoms with Gasteiger partial charge in [-0.2, -0.15) is 0 Å². The van der Waals surface area contributed by atoms with E-state index in [1.54, 1.807) is 6.07 Å². The lowest BCUT2D eigenvalue weighted by Crippen LogP contribution is -2.02. The molecule has 18 heavy (non-hydrogen) atoms. The zero-order chi connectivity index (χ0) is 13.1. The number of hydrogen-bond donors (Lipinski definition) is 1. The van der Waals surface area contributed by atoms with E-state index in [9.17, 15) is 4.39 Å². The molecule has 1 N–H and O–H groups in total. The summed E-state index contributed by atoms with van der Waals surface area (Å²) in [4.78, 5) is 0. The number of anilines is 1. The average Bonchev–Trinajstić information content (AvgIpc) is 2.32. The molecule has 0 saturated heterocycles. The minimum Gasteiger partial charge on any atom is -0.381 e. The Balaban J connectivity index is 2.13. The lowest BCUT2D eigenvalue weighted by molar-refractivity contribution is 0.627. The molecular weight excluding hydrogens is 249 g/mol. The van der Waals surface area contributed by atoms with Gasteiger partial charge in [0.1, 0.15) is 5.82 Å². The van der Waals surface area contributed by atoms with Crippen molar-refractivity contribution in [3.8, 4) is 0 Å². The van der Waals surface area contributed by atoms with Gasteiger partial charge in [-0.1, -0.05) is 29.8 Å². The van der Waals surface area contributed by atoms with E-state index in [0.29, 0.717) is 11.6 Å². The first-order chi connectivity index (χ1) is 8.56. The van der Waals surface area contributed by atoms with Crippen molar-refractivity contribution in [1.29, 1.82) is 0 Å². The van der Waals surface area contributed by atoms with Crippen molar-refractivity contribution >= 4 is 17.3 Å². The number of halogens is 2. The van der Waals surface area contributed by atoms with E-state index in [-0.39, 0.29) is 5.82 Å². The van der Waals surface area contributed by atoms with Crippen molar-refractivity contribution in [2.45, 2.75) is 20.4 Å². The molecule has 0 spiro atoms. The van der Waals surface area contributed by atoms with Gasteiger partial charge in [0.05, 0.1) is 0 Å². The maximum atomic E-state index is 12.9. The fourth-order valence-corrected chi connectivity index (χ4v) is 2.02. The van der Waals surface area contributed by atoms with Crippen LogP contribution in [0.5, 0.6) is 0 Å². The summed E-state index contributed by atoms with van der Waals surface area (Å²) in [6.45, 7) is 4.69. The molecule has 0 saturated carbocycles. The first-order valence-corrected chi connectivity index (χ1v) is 6.19. The maximum absolute atomic E-state index is 12.9. The van der Waals surface area contributed by atoms with Crippen LogP contribution in [0.3, 0.4) is 0 Å². The van der Waals surface area contributed by atoms with Crippen LogP contribution in [0.15, 0.2) is 36.4 Å². The van der Waals surface area contributed by atoms with Crippen LogP contribution in [-0.4, -0.2) is 0 Å². The number of hydrogen-bond acceptors (Lipinski definition) is 1. The van der Waals surface area contributed by atoms with Gasteiger partial charge in [0.15, 0.2) is 0 Å². The first-order valence-electron chi connectivity index (χ1n) is 5.81. The quantitative estimate of drug-likeness (QED) is 0.846. The Morgan fingerprint density at radius 3 is 2.61 bits per heavy atom. The Labute approximate surface area is 112 Å². The Bertz CT molecular complexity index is 566. The van der Waals surface area contributed by atoms with Gasteiger partial charge in [-0.05, 0) is 48.7 Å². The lowest BCUT2D eigenvalue weighted by Gasteiger charge is -2.11. The van der Waals surface area contributed by atoms with Crippen LogP contribution in [0.4, 0.5) is 10.1 Å². The van der Waals surface area contributed by atoms with Crippen LogP contribution in [0.2, 0.25) is 5.02 Å². The highest BCUT2D eigenvalue weighted by Gasteiger charge is 2.03. The fourth-order valence-electron chi connectivity index (χ4n) is 1.78. The Morgan fingerprint density at radius 2 is 1.89 bits per heavy atom. The third kappa shape index (κ3) is 3.02. The summed E-state index contributed by atoms with van der Waals surface area (Å²) >= 11 is 5.99. The predicted octanol–water partition coefficient (Wildman–Crippen LogP) is 4.71. The smallest absolute Gasteiger partial charge is 0.124 e. The second-order valence-electron chi connectivity index (χ2n) is 4.41. The second-order valence-corrected chi connectivity index (χ2v) is 4.81. The molecule has 2 aromatic carbocycles. The summed E-state index contributed by atoms with van der Waals surface area (Å²) < 4.78 is 12.9. The highest BCUT2D eigenvalue weighted by atomic mass is 35.5. The van der Waals surface area contributed by atoms with Crippen molar-refractivity contribution < 1.29 is 4.39 Å². The summed E-state index contributed by atoms with van der Waals surface area (Å²) in [5, 5.41) is 3.78. The van der Waals surface area contributed by atoms with E-state index >= 15 is 0 Å². The summed E-state index contributed by atoms with van der Waals surface area (Å²) in [6.07, 6.45) is 0. The molecule has 0 radical (unpaired) electrons.